The van der Waals surface area contributed by atoms with Crippen molar-refractivity contribution < 1.29 is 4.39 Å². The van der Waals surface area contributed by atoms with Crippen molar-refractivity contribution in [1.29, 1.82) is 0 Å². The van der Waals surface area contributed by atoms with Crippen LogP contribution in [0.15, 0.2) is 12.1 Å². The molecular formula is C15H22FN. The summed E-state index contributed by atoms with van der Waals surface area (Å²) in [7, 11) is 2.00. The van der Waals surface area contributed by atoms with Crippen LogP contribution >= 0.6 is 0 Å². The van der Waals surface area contributed by atoms with E-state index >= 15 is 0 Å². The van der Waals surface area contributed by atoms with Crippen molar-refractivity contribution in [3.05, 3.63) is 34.6 Å². The van der Waals surface area contributed by atoms with Gasteiger partial charge in [0.05, 0.1) is 0 Å². The van der Waals surface area contributed by atoms with Gasteiger partial charge in [-0.05, 0) is 62.3 Å². The normalized spacial score (nSPS) is 19.1. The van der Waals surface area contributed by atoms with Crippen molar-refractivity contribution in [2.75, 3.05) is 7.05 Å². The molecule has 2 atom stereocenters. The second-order valence-corrected chi connectivity index (χ2v) is 5.43. The molecular weight excluding hydrogens is 213 g/mol. The maximum atomic E-state index is 13.6. The van der Waals surface area contributed by atoms with Gasteiger partial charge in [-0.15, -0.1) is 0 Å². The summed E-state index contributed by atoms with van der Waals surface area (Å²) in [6, 6.07) is 4.32. The van der Waals surface area contributed by atoms with Gasteiger partial charge in [0.25, 0.3) is 0 Å². The molecule has 1 aromatic carbocycles. The fourth-order valence-corrected chi connectivity index (χ4v) is 2.79. The maximum absolute atomic E-state index is 13.6. The molecule has 1 N–H and O–H groups in total. The summed E-state index contributed by atoms with van der Waals surface area (Å²) < 4.78 is 13.6. The Kier molecular flexibility index (Phi) is 3.53. The zero-order valence-electron chi connectivity index (χ0n) is 11.2. The van der Waals surface area contributed by atoms with Gasteiger partial charge in [0, 0.05) is 6.04 Å². The molecule has 1 aliphatic carbocycles. The first-order chi connectivity index (χ1) is 8.04. The van der Waals surface area contributed by atoms with Crippen molar-refractivity contribution in [2.45, 2.75) is 39.7 Å². The van der Waals surface area contributed by atoms with Gasteiger partial charge in [0.15, 0.2) is 0 Å². The van der Waals surface area contributed by atoms with Crippen LogP contribution < -0.4 is 5.32 Å². The van der Waals surface area contributed by atoms with Crippen LogP contribution in [0.1, 0.15) is 42.5 Å². The fraction of sp³-hybridized carbons (Fsp3) is 0.600. The minimum absolute atomic E-state index is 0.0670. The Morgan fingerprint density at radius 2 is 1.76 bits per heavy atom. The molecule has 1 nitrogen and oxygen atoms in total. The summed E-state index contributed by atoms with van der Waals surface area (Å²) in [5.74, 6) is 1.41. The zero-order chi connectivity index (χ0) is 12.6. The molecule has 2 rings (SSSR count). The van der Waals surface area contributed by atoms with Crippen LogP contribution in [0.2, 0.25) is 0 Å². The van der Waals surface area contributed by atoms with Gasteiger partial charge in [-0.1, -0.05) is 19.1 Å². The molecule has 0 aromatic heterocycles. The maximum Gasteiger partial charge on any atom is 0.129 e. The predicted octanol–water partition coefficient (Wildman–Crippen LogP) is 3.75. The van der Waals surface area contributed by atoms with E-state index in [0.29, 0.717) is 12.0 Å². The number of hydrogen-bond donors (Lipinski definition) is 1. The highest BCUT2D eigenvalue weighted by molar-refractivity contribution is 5.32. The highest BCUT2D eigenvalue weighted by Crippen LogP contribution is 2.42. The third kappa shape index (κ3) is 2.52. The molecule has 17 heavy (non-hydrogen) atoms. The Balaban J connectivity index is 2.30. The quantitative estimate of drug-likeness (QED) is 0.838. The van der Waals surface area contributed by atoms with Crippen LogP contribution in [0.4, 0.5) is 4.39 Å². The van der Waals surface area contributed by atoms with E-state index in [0.717, 1.165) is 17.0 Å². The van der Waals surface area contributed by atoms with E-state index in [1.54, 1.807) is 0 Å². The number of benzene rings is 1. The van der Waals surface area contributed by atoms with Crippen LogP contribution in [0.3, 0.4) is 0 Å². The Morgan fingerprint density at radius 1 is 1.24 bits per heavy atom. The van der Waals surface area contributed by atoms with E-state index in [9.17, 15) is 4.39 Å². The van der Waals surface area contributed by atoms with Gasteiger partial charge >= 0.3 is 0 Å². The lowest BCUT2D eigenvalue weighted by atomic mass is 9.89. The highest BCUT2D eigenvalue weighted by Gasteiger charge is 2.33. The summed E-state index contributed by atoms with van der Waals surface area (Å²) in [5, 5.41) is 3.39. The van der Waals surface area contributed by atoms with Crippen molar-refractivity contribution in [2.24, 2.45) is 11.8 Å². The second kappa shape index (κ2) is 4.77. The van der Waals surface area contributed by atoms with E-state index in [1.807, 2.05) is 33.0 Å². The minimum Gasteiger partial charge on any atom is -0.313 e. The van der Waals surface area contributed by atoms with Crippen LogP contribution in [-0.2, 0) is 0 Å². The van der Waals surface area contributed by atoms with Crippen molar-refractivity contribution in [3.63, 3.8) is 0 Å². The molecule has 0 aliphatic heterocycles. The molecule has 0 amide bonds. The zero-order valence-corrected chi connectivity index (χ0v) is 11.2. The molecule has 1 fully saturated rings. The summed E-state index contributed by atoms with van der Waals surface area (Å²) in [6.07, 6.45) is 2.69. The number of halogens is 1. The molecule has 1 aromatic rings. The number of aryl methyl sites for hydroxylation is 2. The Hall–Kier alpha value is -0.890. The Bertz CT molecular complexity index is 386. The summed E-state index contributed by atoms with van der Waals surface area (Å²) in [4.78, 5) is 0. The minimum atomic E-state index is -0.0670. The van der Waals surface area contributed by atoms with Gasteiger partial charge in [-0.25, -0.2) is 4.39 Å². The molecule has 94 valence electrons. The smallest absolute Gasteiger partial charge is 0.129 e. The van der Waals surface area contributed by atoms with E-state index < -0.39 is 0 Å². The van der Waals surface area contributed by atoms with Crippen LogP contribution in [0.5, 0.6) is 0 Å². The predicted molar refractivity (Wildman–Crippen MR) is 69.6 cm³/mol. The molecule has 1 aliphatic rings. The molecule has 0 saturated heterocycles. The monoisotopic (exact) mass is 235 g/mol. The number of nitrogens with one attached hydrogen (secondary N) is 1. The second-order valence-electron chi connectivity index (χ2n) is 5.43. The lowest BCUT2D eigenvalue weighted by Gasteiger charge is -2.25. The first-order valence-electron chi connectivity index (χ1n) is 6.48. The Labute approximate surface area is 103 Å². The van der Waals surface area contributed by atoms with Gasteiger partial charge < -0.3 is 5.32 Å². The topological polar surface area (TPSA) is 12.0 Å². The molecule has 0 radical (unpaired) electrons. The van der Waals surface area contributed by atoms with E-state index in [4.69, 9.17) is 0 Å². The number of hydrogen-bond acceptors (Lipinski definition) is 1. The van der Waals surface area contributed by atoms with Crippen LogP contribution in [-0.4, -0.2) is 7.05 Å². The first-order valence-corrected chi connectivity index (χ1v) is 6.48. The third-order valence-electron chi connectivity index (χ3n) is 4.02. The van der Waals surface area contributed by atoms with Crippen molar-refractivity contribution in [3.8, 4) is 0 Å². The standard InChI is InChI=1S/C15H22FN/c1-9-7-13(8-10(2)14(9)16)15(17-4)11(3)12-5-6-12/h7-8,11-12,15,17H,5-6H2,1-4H3. The summed E-state index contributed by atoms with van der Waals surface area (Å²) in [5.41, 5.74) is 2.73. The fourth-order valence-electron chi connectivity index (χ4n) is 2.79. The largest absolute Gasteiger partial charge is 0.313 e. The van der Waals surface area contributed by atoms with Gasteiger partial charge in [0.1, 0.15) is 5.82 Å². The summed E-state index contributed by atoms with van der Waals surface area (Å²) >= 11 is 0. The molecule has 2 heteroatoms. The molecule has 0 bridgehead atoms. The van der Waals surface area contributed by atoms with Crippen molar-refractivity contribution >= 4 is 0 Å². The molecule has 0 spiro atoms. The lowest BCUT2D eigenvalue weighted by molar-refractivity contribution is 0.368. The average molecular weight is 235 g/mol. The van der Waals surface area contributed by atoms with Crippen LogP contribution in [0.25, 0.3) is 0 Å². The first kappa shape index (κ1) is 12.6. The lowest BCUT2D eigenvalue weighted by Crippen LogP contribution is -2.25. The summed E-state index contributed by atoms with van der Waals surface area (Å²) in [6.45, 7) is 5.99. The average Bonchev–Trinajstić information content (AvgIpc) is 3.10. The van der Waals surface area contributed by atoms with Crippen molar-refractivity contribution in [1.82, 2.24) is 5.32 Å². The van der Waals surface area contributed by atoms with E-state index in [1.165, 1.54) is 18.4 Å². The number of rotatable bonds is 4. The van der Waals surface area contributed by atoms with Crippen LogP contribution in [0, 0.1) is 31.5 Å². The van der Waals surface area contributed by atoms with Gasteiger partial charge in [-0.2, -0.15) is 0 Å². The molecule has 1 saturated carbocycles. The Morgan fingerprint density at radius 3 is 2.18 bits per heavy atom. The van der Waals surface area contributed by atoms with E-state index in [-0.39, 0.29) is 5.82 Å². The third-order valence-corrected chi connectivity index (χ3v) is 4.02. The molecule has 0 heterocycles. The van der Waals surface area contributed by atoms with Gasteiger partial charge in [0.2, 0.25) is 0 Å². The van der Waals surface area contributed by atoms with E-state index in [2.05, 4.69) is 12.2 Å². The molecule has 2 unspecified atom stereocenters. The highest BCUT2D eigenvalue weighted by atomic mass is 19.1. The van der Waals surface area contributed by atoms with Gasteiger partial charge in [-0.3, -0.25) is 0 Å². The SMILES string of the molecule is CNC(c1cc(C)c(F)c(C)c1)C(C)C1CC1.